The molecule has 0 N–H and O–H groups in total. The standard InChI is InChI=1S/C54H39N3/c1-54(2)47-27-15-14-26-44(47)45-32-31-42(35-48(45)54)56(49-28-16-24-36-17-12-13-25-43(36)49)41-30-29-40-33-50(37-18-6-3-7-19-37)57-53(46(40)34-41)51(38-20-8-4-9-21-38)52(55-57)39-22-10-5-11-23-39/h3-35H,1-2H3. The summed E-state index contributed by atoms with van der Waals surface area (Å²) >= 11 is 0. The van der Waals surface area contributed by atoms with Crippen LogP contribution in [0.15, 0.2) is 200 Å². The molecule has 270 valence electrons. The first-order valence-electron chi connectivity index (χ1n) is 19.7. The van der Waals surface area contributed by atoms with Crippen molar-refractivity contribution in [2.45, 2.75) is 19.3 Å². The van der Waals surface area contributed by atoms with Gasteiger partial charge < -0.3 is 4.90 Å². The van der Waals surface area contributed by atoms with E-state index >= 15 is 0 Å². The lowest BCUT2D eigenvalue weighted by Gasteiger charge is -2.29. The SMILES string of the molecule is CC1(C)c2ccccc2-c2ccc(N(c3ccc4cc(-c5ccccc5)n5nc(-c6ccccc6)c(-c6ccccc6)c5c4c3)c3cccc4ccccc34)cc21. The maximum Gasteiger partial charge on any atom is 0.101 e. The van der Waals surface area contributed by atoms with Crippen LogP contribution in [0.5, 0.6) is 0 Å². The van der Waals surface area contributed by atoms with Gasteiger partial charge in [-0.25, -0.2) is 4.52 Å². The molecular formula is C54H39N3. The summed E-state index contributed by atoms with van der Waals surface area (Å²) in [4.78, 5) is 2.46. The van der Waals surface area contributed by atoms with Crippen molar-refractivity contribution in [1.82, 2.24) is 9.61 Å². The Morgan fingerprint density at radius 3 is 1.86 bits per heavy atom. The molecule has 0 radical (unpaired) electrons. The monoisotopic (exact) mass is 729 g/mol. The highest BCUT2D eigenvalue weighted by molar-refractivity contribution is 6.10. The summed E-state index contributed by atoms with van der Waals surface area (Å²) in [5, 5.41) is 10.2. The Morgan fingerprint density at radius 2 is 1.07 bits per heavy atom. The second-order valence-electron chi connectivity index (χ2n) is 15.6. The van der Waals surface area contributed by atoms with E-state index in [1.807, 2.05) is 0 Å². The lowest BCUT2D eigenvalue weighted by molar-refractivity contribution is 0.660. The van der Waals surface area contributed by atoms with E-state index in [4.69, 9.17) is 5.10 Å². The van der Waals surface area contributed by atoms with Gasteiger partial charge in [-0.15, -0.1) is 0 Å². The van der Waals surface area contributed by atoms with E-state index in [9.17, 15) is 0 Å². The Kier molecular flexibility index (Phi) is 7.52. The molecule has 0 unspecified atom stereocenters. The molecule has 0 fully saturated rings. The van der Waals surface area contributed by atoms with Gasteiger partial charge in [0, 0.05) is 44.3 Å². The Bertz CT molecular complexity index is 3140. The molecule has 0 aliphatic heterocycles. The number of pyridine rings is 1. The first kappa shape index (κ1) is 33.1. The van der Waals surface area contributed by atoms with Crippen LogP contribution in [-0.2, 0) is 5.41 Å². The van der Waals surface area contributed by atoms with Crippen LogP contribution in [0.2, 0.25) is 0 Å². The number of nitrogens with zero attached hydrogens (tertiary/aromatic N) is 3. The molecule has 2 aromatic heterocycles. The van der Waals surface area contributed by atoms with E-state index < -0.39 is 0 Å². The molecule has 3 heteroatoms. The minimum Gasteiger partial charge on any atom is -0.310 e. The van der Waals surface area contributed by atoms with Crippen LogP contribution in [0.4, 0.5) is 17.1 Å². The van der Waals surface area contributed by atoms with Crippen LogP contribution in [0.3, 0.4) is 0 Å². The Hall–Kier alpha value is -7.23. The molecule has 0 saturated carbocycles. The number of aromatic nitrogens is 2. The summed E-state index contributed by atoms with van der Waals surface area (Å²) in [6, 6.07) is 72.6. The Balaban J connectivity index is 1.23. The summed E-state index contributed by atoms with van der Waals surface area (Å²) in [6.07, 6.45) is 0. The molecule has 2 heterocycles. The van der Waals surface area contributed by atoms with Gasteiger partial charge in [-0.1, -0.05) is 178 Å². The van der Waals surface area contributed by atoms with Gasteiger partial charge in [0.05, 0.1) is 16.9 Å². The summed E-state index contributed by atoms with van der Waals surface area (Å²) in [5.74, 6) is 0. The van der Waals surface area contributed by atoms with Crippen molar-refractivity contribution < 1.29 is 0 Å². The van der Waals surface area contributed by atoms with Crippen molar-refractivity contribution in [2.75, 3.05) is 4.90 Å². The van der Waals surface area contributed by atoms with Crippen LogP contribution in [0.25, 0.3) is 71.8 Å². The second-order valence-corrected chi connectivity index (χ2v) is 15.6. The molecule has 0 saturated heterocycles. The second kappa shape index (κ2) is 12.9. The molecule has 57 heavy (non-hydrogen) atoms. The zero-order chi connectivity index (χ0) is 38.1. The highest BCUT2D eigenvalue weighted by Crippen LogP contribution is 2.51. The third-order valence-corrected chi connectivity index (χ3v) is 12.0. The van der Waals surface area contributed by atoms with Gasteiger partial charge in [-0.3, -0.25) is 0 Å². The molecule has 0 amide bonds. The van der Waals surface area contributed by atoms with Gasteiger partial charge >= 0.3 is 0 Å². The van der Waals surface area contributed by atoms with E-state index in [1.54, 1.807) is 0 Å². The molecule has 11 rings (SSSR count). The van der Waals surface area contributed by atoms with Gasteiger partial charge in [0.1, 0.15) is 5.69 Å². The van der Waals surface area contributed by atoms with E-state index in [0.717, 1.165) is 67.0 Å². The third kappa shape index (κ3) is 5.23. The molecule has 0 bridgehead atoms. The van der Waals surface area contributed by atoms with E-state index in [2.05, 4.69) is 223 Å². The lowest BCUT2D eigenvalue weighted by Crippen LogP contribution is -2.16. The smallest absolute Gasteiger partial charge is 0.101 e. The molecule has 10 aromatic rings. The van der Waals surface area contributed by atoms with Crippen LogP contribution in [0, 0.1) is 0 Å². The predicted molar refractivity (Wildman–Crippen MR) is 239 cm³/mol. The molecule has 1 aliphatic carbocycles. The quantitative estimate of drug-likeness (QED) is 0.170. The number of rotatable bonds is 6. The maximum absolute atomic E-state index is 5.50. The zero-order valence-electron chi connectivity index (χ0n) is 31.9. The number of hydrogen-bond donors (Lipinski definition) is 0. The maximum atomic E-state index is 5.50. The molecule has 0 atom stereocenters. The van der Waals surface area contributed by atoms with Crippen molar-refractivity contribution in [3.8, 4) is 44.8 Å². The normalized spacial score (nSPS) is 12.9. The van der Waals surface area contributed by atoms with Gasteiger partial charge in [0.2, 0.25) is 0 Å². The van der Waals surface area contributed by atoms with Crippen molar-refractivity contribution in [1.29, 1.82) is 0 Å². The van der Waals surface area contributed by atoms with Crippen molar-refractivity contribution in [2.24, 2.45) is 0 Å². The summed E-state index contributed by atoms with van der Waals surface area (Å²) < 4.78 is 2.18. The lowest BCUT2D eigenvalue weighted by atomic mass is 9.82. The number of fused-ring (bicyclic) bond motifs is 7. The number of benzene rings is 8. The zero-order valence-corrected chi connectivity index (χ0v) is 31.9. The fourth-order valence-electron chi connectivity index (χ4n) is 9.22. The van der Waals surface area contributed by atoms with Crippen LogP contribution >= 0.6 is 0 Å². The molecule has 3 nitrogen and oxygen atoms in total. The van der Waals surface area contributed by atoms with Crippen molar-refractivity contribution in [3.05, 3.63) is 211 Å². The van der Waals surface area contributed by atoms with Crippen LogP contribution in [0.1, 0.15) is 25.0 Å². The third-order valence-electron chi connectivity index (χ3n) is 12.0. The average molecular weight is 730 g/mol. The van der Waals surface area contributed by atoms with Crippen LogP contribution < -0.4 is 4.90 Å². The van der Waals surface area contributed by atoms with E-state index in [1.165, 1.54) is 33.0 Å². The largest absolute Gasteiger partial charge is 0.310 e. The molecule has 0 spiro atoms. The summed E-state index contributed by atoms with van der Waals surface area (Å²) in [7, 11) is 0. The van der Waals surface area contributed by atoms with Crippen LogP contribution in [-0.4, -0.2) is 9.61 Å². The molecule has 8 aromatic carbocycles. The minimum absolute atomic E-state index is 0.133. The highest BCUT2D eigenvalue weighted by atomic mass is 15.2. The van der Waals surface area contributed by atoms with Gasteiger partial charge in [-0.05, 0) is 75.0 Å². The highest BCUT2D eigenvalue weighted by Gasteiger charge is 2.36. The Morgan fingerprint density at radius 1 is 0.456 bits per heavy atom. The van der Waals surface area contributed by atoms with Gasteiger partial charge in [0.15, 0.2) is 0 Å². The Labute approximate surface area is 332 Å². The molecule has 1 aliphatic rings. The fraction of sp³-hybridized carbons (Fsp3) is 0.0556. The van der Waals surface area contributed by atoms with E-state index in [-0.39, 0.29) is 5.41 Å². The average Bonchev–Trinajstić information content (AvgIpc) is 3.78. The predicted octanol–water partition coefficient (Wildman–Crippen LogP) is 14.4. The number of anilines is 3. The first-order chi connectivity index (χ1) is 28.0. The first-order valence-corrected chi connectivity index (χ1v) is 19.7. The minimum atomic E-state index is -0.133. The van der Waals surface area contributed by atoms with Crippen molar-refractivity contribution in [3.63, 3.8) is 0 Å². The van der Waals surface area contributed by atoms with E-state index in [0.29, 0.717) is 0 Å². The topological polar surface area (TPSA) is 20.5 Å². The fourth-order valence-corrected chi connectivity index (χ4v) is 9.22. The van der Waals surface area contributed by atoms with Gasteiger partial charge in [-0.2, -0.15) is 5.10 Å². The number of hydrogen-bond acceptors (Lipinski definition) is 2. The molecular weight excluding hydrogens is 691 g/mol. The summed E-state index contributed by atoms with van der Waals surface area (Å²) in [6.45, 7) is 4.71. The van der Waals surface area contributed by atoms with Crippen molar-refractivity contribution >= 4 is 44.1 Å². The van der Waals surface area contributed by atoms with Gasteiger partial charge in [0.25, 0.3) is 0 Å². The summed E-state index contributed by atoms with van der Waals surface area (Å²) in [5.41, 5.74) is 16.1.